The molecular formula is C16H14ClN3. The molecule has 2 N–H and O–H groups in total. The Morgan fingerprint density at radius 2 is 2.00 bits per heavy atom. The lowest BCUT2D eigenvalue weighted by molar-refractivity contribution is 1.05. The molecular weight excluding hydrogens is 270 g/mol. The predicted octanol–water partition coefficient (Wildman–Crippen LogP) is 4.09. The lowest BCUT2D eigenvalue weighted by Crippen LogP contribution is -1.98. The molecule has 0 spiro atoms. The van der Waals surface area contributed by atoms with Gasteiger partial charge in [0.15, 0.2) is 0 Å². The number of aryl methyl sites for hydroxylation is 1. The van der Waals surface area contributed by atoms with E-state index < -0.39 is 0 Å². The molecule has 20 heavy (non-hydrogen) atoms. The van der Waals surface area contributed by atoms with Gasteiger partial charge in [-0.3, -0.25) is 4.98 Å². The maximum absolute atomic E-state index is 6.41. The van der Waals surface area contributed by atoms with Gasteiger partial charge in [-0.15, -0.1) is 0 Å². The maximum Gasteiger partial charge on any atom is 0.123 e. The van der Waals surface area contributed by atoms with Gasteiger partial charge in [-0.1, -0.05) is 30.7 Å². The van der Waals surface area contributed by atoms with Crippen molar-refractivity contribution in [2.24, 2.45) is 0 Å². The monoisotopic (exact) mass is 283 g/mol. The molecule has 2 heterocycles. The summed E-state index contributed by atoms with van der Waals surface area (Å²) in [5.41, 5.74) is 9.52. The lowest BCUT2D eigenvalue weighted by Gasteiger charge is -2.12. The molecule has 3 aromatic rings. The van der Waals surface area contributed by atoms with Crippen LogP contribution in [0.2, 0.25) is 5.02 Å². The van der Waals surface area contributed by atoms with E-state index in [4.69, 9.17) is 17.3 Å². The largest absolute Gasteiger partial charge is 0.384 e. The highest BCUT2D eigenvalue weighted by atomic mass is 35.5. The van der Waals surface area contributed by atoms with Crippen LogP contribution in [0.3, 0.4) is 0 Å². The Bertz CT molecular complexity index is 784. The van der Waals surface area contributed by atoms with Gasteiger partial charge in [0.05, 0.1) is 16.2 Å². The Hall–Kier alpha value is -2.13. The lowest BCUT2D eigenvalue weighted by atomic mass is 9.99. The van der Waals surface area contributed by atoms with Gasteiger partial charge in [0.1, 0.15) is 5.82 Å². The summed E-state index contributed by atoms with van der Waals surface area (Å²) in [7, 11) is 0. The van der Waals surface area contributed by atoms with E-state index in [0.29, 0.717) is 10.8 Å². The third-order valence-electron chi connectivity index (χ3n) is 3.32. The van der Waals surface area contributed by atoms with Crippen LogP contribution in [0, 0.1) is 0 Å². The van der Waals surface area contributed by atoms with Crippen molar-refractivity contribution in [2.75, 3.05) is 5.73 Å². The minimum atomic E-state index is 0.523. The molecule has 0 radical (unpaired) electrons. The fourth-order valence-corrected chi connectivity index (χ4v) is 2.65. The summed E-state index contributed by atoms with van der Waals surface area (Å²) in [4.78, 5) is 8.88. The highest BCUT2D eigenvalue weighted by molar-refractivity contribution is 6.35. The fraction of sp³-hybridized carbons (Fsp3) is 0.125. The van der Waals surface area contributed by atoms with Crippen LogP contribution < -0.4 is 5.73 Å². The summed E-state index contributed by atoms with van der Waals surface area (Å²) in [5.74, 6) is 0.523. The number of anilines is 1. The number of hydrogen-bond donors (Lipinski definition) is 1. The molecule has 3 nitrogen and oxygen atoms in total. The standard InChI is InChI=1S/C16H14ClN3/c1-2-13-11(6-8-14(18)20-13)15-12(17)7-5-10-4-3-9-19-16(10)15/h3-9H,2H2,1H3,(H2,18,20). The van der Waals surface area contributed by atoms with Crippen LogP contribution in [0.5, 0.6) is 0 Å². The number of nitrogens with zero attached hydrogens (tertiary/aromatic N) is 2. The van der Waals surface area contributed by atoms with Crippen molar-refractivity contribution in [2.45, 2.75) is 13.3 Å². The first-order chi connectivity index (χ1) is 9.70. The second-order valence-electron chi connectivity index (χ2n) is 4.58. The molecule has 100 valence electrons. The van der Waals surface area contributed by atoms with Crippen molar-refractivity contribution in [1.29, 1.82) is 0 Å². The molecule has 0 aliphatic rings. The number of nitrogen functional groups attached to an aromatic ring is 1. The van der Waals surface area contributed by atoms with E-state index >= 15 is 0 Å². The number of nitrogens with two attached hydrogens (primary N) is 1. The Labute approximate surface area is 122 Å². The van der Waals surface area contributed by atoms with E-state index in [9.17, 15) is 0 Å². The van der Waals surface area contributed by atoms with Crippen LogP contribution in [-0.2, 0) is 6.42 Å². The molecule has 4 heteroatoms. The van der Waals surface area contributed by atoms with Gasteiger partial charge in [-0.05, 0) is 30.7 Å². The topological polar surface area (TPSA) is 51.8 Å². The van der Waals surface area contributed by atoms with E-state index in [1.54, 1.807) is 12.3 Å². The highest BCUT2D eigenvalue weighted by Gasteiger charge is 2.14. The van der Waals surface area contributed by atoms with Crippen molar-refractivity contribution in [1.82, 2.24) is 9.97 Å². The third kappa shape index (κ3) is 2.10. The van der Waals surface area contributed by atoms with Gasteiger partial charge in [0, 0.05) is 22.7 Å². The quantitative estimate of drug-likeness (QED) is 0.770. The van der Waals surface area contributed by atoms with E-state index in [-0.39, 0.29) is 0 Å². The molecule has 2 aromatic heterocycles. The van der Waals surface area contributed by atoms with Crippen molar-refractivity contribution in [3.63, 3.8) is 0 Å². The molecule has 0 aliphatic carbocycles. The summed E-state index contributed by atoms with van der Waals surface area (Å²) in [6, 6.07) is 11.6. The number of rotatable bonds is 2. The molecule has 0 unspecified atom stereocenters. The van der Waals surface area contributed by atoms with Crippen molar-refractivity contribution in [3.8, 4) is 11.1 Å². The number of fused-ring (bicyclic) bond motifs is 1. The zero-order valence-corrected chi connectivity index (χ0v) is 11.9. The number of pyridine rings is 2. The SMILES string of the molecule is CCc1nc(N)ccc1-c1c(Cl)ccc2cccnc12. The van der Waals surface area contributed by atoms with Crippen LogP contribution in [0.15, 0.2) is 42.6 Å². The van der Waals surface area contributed by atoms with Gasteiger partial charge >= 0.3 is 0 Å². The molecule has 0 saturated heterocycles. The van der Waals surface area contributed by atoms with Gasteiger partial charge < -0.3 is 5.73 Å². The Morgan fingerprint density at radius 1 is 1.15 bits per heavy atom. The predicted molar refractivity (Wildman–Crippen MR) is 83.8 cm³/mol. The van der Waals surface area contributed by atoms with Crippen LogP contribution >= 0.6 is 11.6 Å². The molecule has 0 fully saturated rings. The summed E-state index contributed by atoms with van der Waals surface area (Å²) < 4.78 is 0. The van der Waals surface area contributed by atoms with Crippen molar-refractivity contribution in [3.05, 3.63) is 53.3 Å². The molecule has 3 rings (SSSR count). The Balaban J connectivity index is 2.37. The number of halogens is 1. The molecule has 1 aromatic carbocycles. The second kappa shape index (κ2) is 5.10. The molecule has 0 amide bonds. The molecule has 0 bridgehead atoms. The van der Waals surface area contributed by atoms with E-state index in [2.05, 4.69) is 16.9 Å². The maximum atomic E-state index is 6.41. The molecule has 0 saturated carbocycles. The number of hydrogen-bond acceptors (Lipinski definition) is 3. The van der Waals surface area contributed by atoms with Crippen LogP contribution in [0.4, 0.5) is 5.82 Å². The van der Waals surface area contributed by atoms with Gasteiger partial charge in [-0.2, -0.15) is 0 Å². The zero-order valence-electron chi connectivity index (χ0n) is 11.1. The third-order valence-corrected chi connectivity index (χ3v) is 3.64. The fourth-order valence-electron chi connectivity index (χ4n) is 2.39. The number of aromatic nitrogens is 2. The first-order valence-corrected chi connectivity index (χ1v) is 6.87. The normalized spacial score (nSPS) is 10.9. The van der Waals surface area contributed by atoms with Crippen LogP contribution in [0.1, 0.15) is 12.6 Å². The van der Waals surface area contributed by atoms with E-state index in [1.807, 2.05) is 30.3 Å². The van der Waals surface area contributed by atoms with Crippen molar-refractivity contribution >= 4 is 28.3 Å². The first-order valence-electron chi connectivity index (χ1n) is 6.49. The van der Waals surface area contributed by atoms with E-state index in [1.165, 1.54) is 0 Å². The van der Waals surface area contributed by atoms with Crippen molar-refractivity contribution < 1.29 is 0 Å². The number of benzene rings is 1. The van der Waals surface area contributed by atoms with Crippen LogP contribution in [0.25, 0.3) is 22.0 Å². The smallest absolute Gasteiger partial charge is 0.123 e. The average molecular weight is 284 g/mol. The van der Waals surface area contributed by atoms with Gasteiger partial charge in [0.2, 0.25) is 0 Å². The summed E-state index contributed by atoms with van der Waals surface area (Å²) >= 11 is 6.41. The summed E-state index contributed by atoms with van der Waals surface area (Å²) in [6.07, 6.45) is 2.57. The van der Waals surface area contributed by atoms with Crippen LogP contribution in [-0.4, -0.2) is 9.97 Å². The summed E-state index contributed by atoms with van der Waals surface area (Å²) in [5, 5.41) is 1.74. The second-order valence-corrected chi connectivity index (χ2v) is 4.99. The van der Waals surface area contributed by atoms with Gasteiger partial charge in [-0.25, -0.2) is 4.98 Å². The minimum absolute atomic E-state index is 0.523. The summed E-state index contributed by atoms with van der Waals surface area (Å²) in [6.45, 7) is 2.05. The Morgan fingerprint density at radius 3 is 2.80 bits per heavy atom. The zero-order chi connectivity index (χ0) is 14.1. The molecule has 0 aliphatic heterocycles. The first kappa shape index (κ1) is 12.9. The Kier molecular flexibility index (Phi) is 3.28. The van der Waals surface area contributed by atoms with E-state index in [0.717, 1.165) is 34.1 Å². The average Bonchev–Trinajstić information content (AvgIpc) is 2.48. The molecule has 0 atom stereocenters. The minimum Gasteiger partial charge on any atom is -0.384 e. The van der Waals surface area contributed by atoms with Gasteiger partial charge in [0.25, 0.3) is 0 Å². The highest BCUT2D eigenvalue weighted by Crippen LogP contribution is 2.35.